The Morgan fingerprint density at radius 2 is 0.711 bits per heavy atom. The SMILES string of the molecule is CCCCCC(=Nc1ccc(CCCC)c(CCCC)c1)C(CCCC)=Nc1ccc(CCCC)c(CCCC)c1.CCCc1cc(O)c(O)c(C(=O)[O-])c1CCC.CCCc1cc(O)c(O)c(C(=O)[O-])c1CCC.[Ni+2]. The first-order valence-electron chi connectivity index (χ1n) is 29.1. The summed E-state index contributed by atoms with van der Waals surface area (Å²) in [7, 11) is 0. The van der Waals surface area contributed by atoms with Crippen molar-refractivity contribution in [3.63, 3.8) is 0 Å². The molecular formula is C65H96N2NiO8. The number of carbonyl (C=O) groups is 2. The average molecular weight is 1090 g/mol. The second-order valence-corrected chi connectivity index (χ2v) is 20.1. The largest absolute Gasteiger partial charge is 2.00 e. The maximum Gasteiger partial charge on any atom is 2.00 e. The molecule has 4 aromatic rings. The molecule has 0 atom stereocenters. The monoisotopic (exact) mass is 1090 g/mol. The van der Waals surface area contributed by atoms with Gasteiger partial charge < -0.3 is 40.2 Å². The zero-order valence-corrected chi connectivity index (χ0v) is 49.3. The molecule has 0 bridgehead atoms. The van der Waals surface area contributed by atoms with Crippen molar-refractivity contribution in [2.24, 2.45) is 9.98 Å². The number of phenols is 4. The van der Waals surface area contributed by atoms with Crippen LogP contribution in [0.15, 0.2) is 58.5 Å². The van der Waals surface area contributed by atoms with Crippen molar-refractivity contribution in [2.75, 3.05) is 0 Å². The summed E-state index contributed by atoms with van der Waals surface area (Å²) in [6, 6.07) is 16.9. The van der Waals surface area contributed by atoms with E-state index in [2.05, 4.69) is 77.9 Å². The van der Waals surface area contributed by atoms with E-state index in [1.54, 1.807) is 0 Å². The van der Waals surface area contributed by atoms with E-state index in [0.29, 0.717) is 36.8 Å². The van der Waals surface area contributed by atoms with Crippen LogP contribution >= 0.6 is 0 Å². The molecule has 4 rings (SSSR count). The quantitative estimate of drug-likeness (QED) is 0.0161. The van der Waals surface area contributed by atoms with Crippen molar-refractivity contribution in [3.05, 3.63) is 104 Å². The van der Waals surface area contributed by atoms with Crippen molar-refractivity contribution < 1.29 is 56.7 Å². The molecule has 11 heteroatoms. The first-order valence-corrected chi connectivity index (χ1v) is 29.1. The zero-order valence-electron chi connectivity index (χ0n) is 48.3. The van der Waals surface area contributed by atoms with Crippen LogP contribution in [0.25, 0.3) is 0 Å². The van der Waals surface area contributed by atoms with Crippen LogP contribution in [0.1, 0.15) is 256 Å². The molecule has 4 N–H and O–H groups in total. The molecule has 0 spiro atoms. The van der Waals surface area contributed by atoms with Crippen molar-refractivity contribution >= 4 is 34.7 Å². The second-order valence-electron chi connectivity index (χ2n) is 20.1. The molecule has 0 aliphatic carbocycles. The van der Waals surface area contributed by atoms with Gasteiger partial charge in [-0.1, -0.05) is 152 Å². The molecular weight excluding hydrogens is 995 g/mol. The number of aromatic carboxylic acids is 2. The fourth-order valence-corrected chi connectivity index (χ4v) is 9.51. The molecule has 0 unspecified atom stereocenters. The number of aryl methyl sites for hydroxylation is 6. The van der Waals surface area contributed by atoms with Crippen LogP contribution in [0.5, 0.6) is 23.0 Å². The van der Waals surface area contributed by atoms with Gasteiger partial charge in [-0.25, -0.2) is 0 Å². The number of hydrogen-bond donors (Lipinski definition) is 4. The van der Waals surface area contributed by atoms with Gasteiger partial charge in [0.05, 0.1) is 34.7 Å². The van der Waals surface area contributed by atoms with Gasteiger partial charge in [0.1, 0.15) is 0 Å². The predicted molar refractivity (Wildman–Crippen MR) is 309 cm³/mol. The van der Waals surface area contributed by atoms with E-state index in [1.807, 2.05) is 27.7 Å². The average Bonchev–Trinajstić information content (AvgIpc) is 3.38. The van der Waals surface area contributed by atoms with E-state index in [-0.39, 0.29) is 27.6 Å². The third kappa shape index (κ3) is 22.8. The van der Waals surface area contributed by atoms with Crippen molar-refractivity contribution in [1.29, 1.82) is 0 Å². The molecule has 10 nitrogen and oxygen atoms in total. The van der Waals surface area contributed by atoms with E-state index in [1.165, 1.54) is 136 Å². The summed E-state index contributed by atoms with van der Waals surface area (Å²) in [6.45, 7) is 21.5. The molecule has 0 aliphatic rings. The van der Waals surface area contributed by atoms with Gasteiger partial charge in [-0.05, 0) is 184 Å². The van der Waals surface area contributed by atoms with Crippen LogP contribution in [0.3, 0.4) is 0 Å². The number of unbranched alkanes of at least 4 members (excludes halogenated alkanes) is 7. The minimum Gasteiger partial charge on any atom is -0.545 e. The van der Waals surface area contributed by atoms with Crippen molar-refractivity contribution in [3.8, 4) is 23.0 Å². The fraction of sp³-hybridized carbons (Fsp3) is 0.569. The summed E-state index contributed by atoms with van der Waals surface area (Å²) in [5.74, 6) is -4.86. The number of carbonyl (C=O) groups excluding carboxylic acids is 2. The van der Waals surface area contributed by atoms with Gasteiger partial charge in [0.2, 0.25) is 0 Å². The molecule has 424 valence electrons. The predicted octanol–water partition coefficient (Wildman–Crippen LogP) is 15.4. The number of hydrogen-bond acceptors (Lipinski definition) is 10. The minimum atomic E-state index is -1.45. The molecule has 0 fully saturated rings. The van der Waals surface area contributed by atoms with Gasteiger partial charge in [-0.3, -0.25) is 9.98 Å². The van der Waals surface area contributed by atoms with Crippen LogP contribution in [-0.2, 0) is 67.9 Å². The summed E-state index contributed by atoms with van der Waals surface area (Å²) in [5.41, 5.74) is 12.8. The van der Waals surface area contributed by atoms with Gasteiger partial charge in [-0.15, -0.1) is 0 Å². The summed E-state index contributed by atoms with van der Waals surface area (Å²) in [6.07, 6.45) is 28.3. The van der Waals surface area contributed by atoms with Gasteiger partial charge >= 0.3 is 16.5 Å². The van der Waals surface area contributed by atoms with Gasteiger partial charge in [-0.2, -0.15) is 0 Å². The Bertz CT molecular complexity index is 2330. The number of carboxylic acid groups (broad SMARTS) is 2. The molecule has 0 amide bonds. The van der Waals surface area contributed by atoms with E-state index in [4.69, 9.17) is 9.98 Å². The Labute approximate surface area is 469 Å². The van der Waals surface area contributed by atoms with E-state index < -0.39 is 34.9 Å². The number of phenolic OH excluding ortho intramolecular Hbond substituents is 2. The molecule has 4 aromatic carbocycles. The Kier molecular flexibility index (Phi) is 35.6. The Morgan fingerprint density at radius 1 is 0.382 bits per heavy atom. The van der Waals surface area contributed by atoms with Crippen LogP contribution in [0, 0.1) is 0 Å². The summed E-state index contributed by atoms with van der Waals surface area (Å²) in [5, 5.41) is 60.3. The molecule has 0 heterocycles. The Balaban J connectivity index is 0.000000675. The number of nitrogens with zero attached hydrogens (tertiary/aromatic N) is 2. The van der Waals surface area contributed by atoms with Crippen molar-refractivity contribution in [1.82, 2.24) is 0 Å². The van der Waals surface area contributed by atoms with Crippen LogP contribution in [0.2, 0.25) is 0 Å². The topological polar surface area (TPSA) is 186 Å². The number of carboxylic acids is 2. The van der Waals surface area contributed by atoms with Crippen LogP contribution in [-0.4, -0.2) is 43.8 Å². The standard InChI is InChI=1S/C39H62N2.2C13H18O4.Ni/c1-7-13-19-25-39(41-37-29-27-33(21-15-9-3)35(31-37)23-17-11-5)38(24-18-12-6)40-36-28-26-32(20-14-8-2)34(30-36)22-16-10-4;2*1-3-5-8-7-10(14)12(15)11(13(16)17)9(8)6-4-2;/h26-31H,7-25H2,1-6H3;2*7,14-15H,3-6H2,1-2H3,(H,16,17);/q;;;+2/p-2. The van der Waals surface area contributed by atoms with Crippen LogP contribution in [0.4, 0.5) is 11.4 Å². The zero-order chi connectivity index (χ0) is 55.7. The first-order chi connectivity index (χ1) is 36.1. The number of benzene rings is 4. The van der Waals surface area contributed by atoms with E-state index in [9.17, 15) is 40.2 Å². The first kappa shape index (κ1) is 68.9. The maximum atomic E-state index is 11.0. The van der Waals surface area contributed by atoms with Crippen molar-refractivity contribution in [2.45, 2.75) is 243 Å². The smallest absolute Gasteiger partial charge is 0.545 e. The molecule has 0 saturated carbocycles. The molecule has 0 aliphatic heterocycles. The molecule has 0 aromatic heterocycles. The van der Waals surface area contributed by atoms with Gasteiger partial charge in [0, 0.05) is 11.1 Å². The minimum absolute atomic E-state index is 0. The molecule has 76 heavy (non-hydrogen) atoms. The molecule has 0 saturated heterocycles. The fourth-order valence-electron chi connectivity index (χ4n) is 9.51. The Hall–Kier alpha value is -5.15. The third-order valence-corrected chi connectivity index (χ3v) is 13.6. The van der Waals surface area contributed by atoms with E-state index >= 15 is 0 Å². The Morgan fingerprint density at radius 3 is 1.03 bits per heavy atom. The number of rotatable bonds is 32. The number of aromatic hydroxyl groups is 4. The molecule has 0 radical (unpaired) electrons. The van der Waals surface area contributed by atoms with Gasteiger partial charge in [0.25, 0.3) is 0 Å². The summed E-state index contributed by atoms with van der Waals surface area (Å²) < 4.78 is 0. The summed E-state index contributed by atoms with van der Waals surface area (Å²) in [4.78, 5) is 32.9. The van der Waals surface area contributed by atoms with Crippen LogP contribution < -0.4 is 10.2 Å². The normalized spacial score (nSPS) is 11.3. The maximum absolute atomic E-state index is 11.0. The van der Waals surface area contributed by atoms with Gasteiger partial charge in [0.15, 0.2) is 23.0 Å². The van der Waals surface area contributed by atoms with E-state index in [0.717, 1.165) is 80.3 Å². The third-order valence-electron chi connectivity index (χ3n) is 13.6. The number of aliphatic imine (C=N–C) groups is 2. The summed E-state index contributed by atoms with van der Waals surface area (Å²) >= 11 is 0. The second kappa shape index (κ2) is 39.3.